The molecule has 0 aliphatic carbocycles. The fourth-order valence-corrected chi connectivity index (χ4v) is 2.51. The third-order valence-electron chi connectivity index (χ3n) is 3.62. The molecule has 1 fully saturated rings. The van der Waals surface area contributed by atoms with E-state index in [0.29, 0.717) is 18.8 Å². The number of nitrogens with one attached hydrogen (secondary N) is 1. The number of ether oxygens (including phenoxy) is 1. The van der Waals surface area contributed by atoms with Crippen molar-refractivity contribution in [1.29, 1.82) is 0 Å². The van der Waals surface area contributed by atoms with E-state index >= 15 is 0 Å². The normalized spacial score (nSPS) is 18.4. The fraction of sp³-hybridized carbons (Fsp3) is 0.500. The maximum atomic E-state index is 11.8. The summed E-state index contributed by atoms with van der Waals surface area (Å²) in [6.07, 6.45) is 1.35. The SMILES string of the molecule is O=C(CN1CCCC(O)C1)NCCOc1cccc(C(=O)O)c1. The van der Waals surface area contributed by atoms with Crippen molar-refractivity contribution < 1.29 is 24.5 Å². The van der Waals surface area contributed by atoms with Crippen LogP contribution in [0.5, 0.6) is 5.75 Å². The van der Waals surface area contributed by atoms with Crippen molar-refractivity contribution in [2.75, 3.05) is 32.8 Å². The van der Waals surface area contributed by atoms with Crippen molar-refractivity contribution in [1.82, 2.24) is 10.2 Å². The number of aliphatic hydroxyl groups is 1. The van der Waals surface area contributed by atoms with E-state index in [1.807, 2.05) is 4.90 Å². The van der Waals surface area contributed by atoms with Gasteiger partial charge in [-0.05, 0) is 37.6 Å². The number of nitrogens with zero attached hydrogens (tertiary/aromatic N) is 1. The Labute approximate surface area is 134 Å². The Kier molecular flexibility index (Phi) is 6.37. The summed E-state index contributed by atoms with van der Waals surface area (Å²) < 4.78 is 5.42. The molecule has 0 radical (unpaired) electrons. The van der Waals surface area contributed by atoms with Crippen LogP contribution >= 0.6 is 0 Å². The number of aromatic carboxylic acids is 1. The molecule has 126 valence electrons. The topological polar surface area (TPSA) is 99.1 Å². The van der Waals surface area contributed by atoms with Crippen LogP contribution in [0.15, 0.2) is 24.3 Å². The highest BCUT2D eigenvalue weighted by Gasteiger charge is 2.19. The number of β-amino-alcohol motifs (C(OH)–C–C–N with tert-alkyl or cyclic N) is 1. The number of aliphatic hydroxyl groups excluding tert-OH is 1. The number of amides is 1. The number of carbonyl (C=O) groups excluding carboxylic acids is 1. The highest BCUT2D eigenvalue weighted by Crippen LogP contribution is 2.13. The van der Waals surface area contributed by atoms with E-state index in [0.717, 1.165) is 19.4 Å². The number of carbonyl (C=O) groups is 2. The Bertz CT molecular complexity index is 549. The van der Waals surface area contributed by atoms with Gasteiger partial charge < -0.3 is 20.3 Å². The maximum Gasteiger partial charge on any atom is 0.335 e. The number of carboxylic acid groups (broad SMARTS) is 1. The molecule has 1 atom stereocenters. The van der Waals surface area contributed by atoms with Gasteiger partial charge in [-0.1, -0.05) is 6.07 Å². The van der Waals surface area contributed by atoms with Crippen molar-refractivity contribution in [2.45, 2.75) is 18.9 Å². The van der Waals surface area contributed by atoms with Crippen LogP contribution in [-0.4, -0.2) is 65.9 Å². The van der Waals surface area contributed by atoms with Gasteiger partial charge in [-0.25, -0.2) is 4.79 Å². The molecular formula is C16H22N2O5. The molecule has 0 aromatic heterocycles. The van der Waals surface area contributed by atoms with E-state index in [9.17, 15) is 14.7 Å². The van der Waals surface area contributed by atoms with Gasteiger partial charge in [0.2, 0.25) is 5.91 Å². The molecule has 1 unspecified atom stereocenters. The molecule has 23 heavy (non-hydrogen) atoms. The largest absolute Gasteiger partial charge is 0.492 e. The predicted octanol–water partition coefficient (Wildman–Crippen LogP) is 0.337. The van der Waals surface area contributed by atoms with Gasteiger partial charge in [0.1, 0.15) is 12.4 Å². The molecule has 1 aromatic carbocycles. The number of likely N-dealkylation sites (tertiary alicyclic amines) is 1. The molecule has 1 aliphatic rings. The molecule has 0 bridgehead atoms. The minimum atomic E-state index is -1.01. The van der Waals surface area contributed by atoms with Gasteiger partial charge in [-0.3, -0.25) is 9.69 Å². The maximum absolute atomic E-state index is 11.8. The van der Waals surface area contributed by atoms with Gasteiger partial charge >= 0.3 is 5.97 Å². The fourth-order valence-electron chi connectivity index (χ4n) is 2.51. The van der Waals surface area contributed by atoms with Crippen LogP contribution in [0.3, 0.4) is 0 Å². The summed E-state index contributed by atoms with van der Waals surface area (Å²) in [6.45, 7) is 2.23. The monoisotopic (exact) mass is 322 g/mol. The minimum Gasteiger partial charge on any atom is -0.492 e. The van der Waals surface area contributed by atoms with Gasteiger partial charge in [0.15, 0.2) is 0 Å². The van der Waals surface area contributed by atoms with Gasteiger partial charge in [-0.2, -0.15) is 0 Å². The van der Waals surface area contributed by atoms with Gasteiger partial charge in [-0.15, -0.1) is 0 Å². The van der Waals surface area contributed by atoms with Gasteiger partial charge in [0.25, 0.3) is 0 Å². The van der Waals surface area contributed by atoms with Crippen molar-refractivity contribution in [3.05, 3.63) is 29.8 Å². The quantitative estimate of drug-likeness (QED) is 0.626. The molecule has 1 aromatic rings. The lowest BCUT2D eigenvalue weighted by Gasteiger charge is -2.29. The van der Waals surface area contributed by atoms with E-state index < -0.39 is 5.97 Å². The summed E-state index contributed by atoms with van der Waals surface area (Å²) in [5, 5.41) is 21.2. The molecular weight excluding hydrogens is 300 g/mol. The number of rotatable bonds is 7. The average molecular weight is 322 g/mol. The lowest BCUT2D eigenvalue weighted by molar-refractivity contribution is -0.123. The van der Waals surface area contributed by atoms with Crippen molar-refractivity contribution in [3.63, 3.8) is 0 Å². The molecule has 7 heteroatoms. The summed E-state index contributed by atoms with van der Waals surface area (Å²) in [5.41, 5.74) is 0.162. The van der Waals surface area contributed by atoms with E-state index in [-0.39, 0.29) is 30.7 Å². The smallest absolute Gasteiger partial charge is 0.335 e. The Morgan fingerprint density at radius 1 is 1.39 bits per heavy atom. The lowest BCUT2D eigenvalue weighted by Crippen LogP contribution is -2.44. The van der Waals surface area contributed by atoms with Crippen LogP contribution in [0.2, 0.25) is 0 Å². The standard InChI is InChI=1S/C16H22N2O5/c19-13-4-2-7-18(10-13)11-15(20)17-6-8-23-14-5-1-3-12(9-14)16(21)22/h1,3,5,9,13,19H,2,4,6-8,10-11H2,(H,17,20)(H,21,22). The summed E-state index contributed by atoms with van der Waals surface area (Å²) in [5.74, 6) is -0.659. The first-order chi connectivity index (χ1) is 11.0. The van der Waals surface area contributed by atoms with Crippen LogP contribution in [-0.2, 0) is 4.79 Å². The van der Waals surface area contributed by atoms with Crippen LogP contribution in [0.4, 0.5) is 0 Å². The second-order valence-electron chi connectivity index (χ2n) is 5.56. The number of hydrogen-bond acceptors (Lipinski definition) is 5. The summed E-state index contributed by atoms with van der Waals surface area (Å²) in [4.78, 5) is 24.6. The Morgan fingerprint density at radius 2 is 2.22 bits per heavy atom. The molecule has 2 rings (SSSR count). The highest BCUT2D eigenvalue weighted by molar-refractivity contribution is 5.88. The Balaban J connectivity index is 1.66. The summed E-state index contributed by atoms with van der Waals surface area (Å²) in [6, 6.07) is 6.21. The van der Waals surface area contributed by atoms with E-state index in [4.69, 9.17) is 9.84 Å². The molecule has 1 amide bonds. The van der Waals surface area contributed by atoms with Gasteiger partial charge in [0.05, 0.1) is 24.8 Å². The molecule has 1 heterocycles. The number of carboxylic acids is 1. The van der Waals surface area contributed by atoms with Gasteiger partial charge in [0, 0.05) is 6.54 Å². The first kappa shape index (κ1) is 17.2. The van der Waals surface area contributed by atoms with Crippen LogP contribution in [0.1, 0.15) is 23.2 Å². The Hall–Kier alpha value is -2.12. The molecule has 7 nitrogen and oxygen atoms in total. The molecule has 3 N–H and O–H groups in total. The first-order valence-corrected chi connectivity index (χ1v) is 7.68. The second-order valence-corrected chi connectivity index (χ2v) is 5.56. The number of piperidine rings is 1. The summed E-state index contributed by atoms with van der Waals surface area (Å²) >= 11 is 0. The van der Waals surface area contributed by atoms with Crippen LogP contribution in [0, 0.1) is 0 Å². The Morgan fingerprint density at radius 3 is 2.96 bits per heavy atom. The third kappa shape index (κ3) is 5.88. The van der Waals surface area contributed by atoms with E-state index in [1.54, 1.807) is 12.1 Å². The van der Waals surface area contributed by atoms with Crippen LogP contribution < -0.4 is 10.1 Å². The number of hydrogen-bond donors (Lipinski definition) is 3. The number of benzene rings is 1. The van der Waals surface area contributed by atoms with E-state index in [2.05, 4.69) is 5.32 Å². The zero-order valence-corrected chi connectivity index (χ0v) is 12.9. The van der Waals surface area contributed by atoms with Crippen LogP contribution in [0.25, 0.3) is 0 Å². The van der Waals surface area contributed by atoms with Crippen molar-refractivity contribution in [2.24, 2.45) is 0 Å². The first-order valence-electron chi connectivity index (χ1n) is 7.68. The lowest BCUT2D eigenvalue weighted by atomic mass is 10.1. The highest BCUT2D eigenvalue weighted by atomic mass is 16.5. The average Bonchev–Trinajstić information content (AvgIpc) is 2.52. The predicted molar refractivity (Wildman–Crippen MR) is 83.6 cm³/mol. The molecule has 1 aliphatic heterocycles. The molecule has 0 spiro atoms. The zero-order valence-electron chi connectivity index (χ0n) is 12.9. The molecule has 1 saturated heterocycles. The molecule has 0 saturated carbocycles. The van der Waals surface area contributed by atoms with Crippen molar-refractivity contribution >= 4 is 11.9 Å². The van der Waals surface area contributed by atoms with Crippen molar-refractivity contribution in [3.8, 4) is 5.75 Å². The summed E-state index contributed by atoms with van der Waals surface area (Å²) in [7, 11) is 0. The second kappa shape index (κ2) is 8.50. The minimum absolute atomic E-state index is 0.109. The van der Waals surface area contributed by atoms with E-state index in [1.165, 1.54) is 12.1 Å². The zero-order chi connectivity index (χ0) is 16.7. The third-order valence-corrected chi connectivity index (χ3v) is 3.62.